The van der Waals surface area contributed by atoms with Gasteiger partial charge >= 0.3 is 0 Å². The Morgan fingerprint density at radius 2 is 1.81 bits per heavy atom. The highest BCUT2D eigenvalue weighted by molar-refractivity contribution is 5.80. The highest BCUT2D eigenvalue weighted by Gasteiger charge is 2.28. The van der Waals surface area contributed by atoms with Crippen molar-refractivity contribution >= 4 is 22.8 Å². The first-order valence-electron chi connectivity index (χ1n) is 12.8. The van der Waals surface area contributed by atoms with E-state index in [0.717, 1.165) is 47.2 Å². The lowest BCUT2D eigenvalue weighted by atomic mass is 9.97. The third-order valence-corrected chi connectivity index (χ3v) is 6.96. The molecule has 1 aliphatic rings. The Balaban J connectivity index is 1.32. The molecule has 0 spiro atoms. The molecule has 7 heteroatoms. The molecule has 4 aromatic rings. The van der Waals surface area contributed by atoms with Gasteiger partial charge in [-0.15, -0.1) is 0 Å². The maximum atomic E-state index is 13.7. The Hall–Kier alpha value is -4.13. The summed E-state index contributed by atoms with van der Waals surface area (Å²) in [4.78, 5) is 33.5. The molecule has 1 atom stereocenters. The van der Waals surface area contributed by atoms with Crippen LogP contribution in [0.4, 0.5) is 5.82 Å². The minimum atomic E-state index is -0.186. The van der Waals surface area contributed by atoms with Crippen molar-refractivity contribution in [2.24, 2.45) is 5.92 Å². The van der Waals surface area contributed by atoms with E-state index in [9.17, 15) is 9.59 Å². The van der Waals surface area contributed by atoms with E-state index in [1.165, 1.54) is 0 Å². The van der Waals surface area contributed by atoms with E-state index in [1.807, 2.05) is 83.8 Å². The molecule has 1 amide bonds. The number of aromatic nitrogens is 2. The summed E-state index contributed by atoms with van der Waals surface area (Å²) in [6.45, 7) is 2.22. The minimum Gasteiger partial charge on any atom is -0.497 e. The summed E-state index contributed by atoms with van der Waals surface area (Å²) in [6.07, 6.45) is 2.36. The van der Waals surface area contributed by atoms with E-state index in [1.54, 1.807) is 11.7 Å². The number of hydrogen-bond acceptors (Lipinski definition) is 5. The Morgan fingerprint density at radius 3 is 2.65 bits per heavy atom. The minimum absolute atomic E-state index is 0.0259. The first-order valence-corrected chi connectivity index (χ1v) is 12.8. The fourth-order valence-electron chi connectivity index (χ4n) is 4.99. The first-order chi connectivity index (χ1) is 18.1. The van der Waals surface area contributed by atoms with Gasteiger partial charge in [0.05, 0.1) is 30.6 Å². The fraction of sp³-hybridized carbons (Fsp3) is 0.300. The van der Waals surface area contributed by atoms with Crippen molar-refractivity contribution in [1.29, 1.82) is 0 Å². The van der Waals surface area contributed by atoms with Crippen LogP contribution in [-0.4, -0.2) is 42.2 Å². The fourth-order valence-corrected chi connectivity index (χ4v) is 4.99. The number of para-hydroxylation sites is 2. The number of rotatable bonds is 8. The van der Waals surface area contributed by atoms with Gasteiger partial charge in [0.25, 0.3) is 5.56 Å². The number of ether oxygens (including phenoxy) is 1. The third-order valence-electron chi connectivity index (χ3n) is 6.96. The summed E-state index contributed by atoms with van der Waals surface area (Å²) < 4.78 is 7.08. The van der Waals surface area contributed by atoms with Crippen LogP contribution in [0.25, 0.3) is 11.0 Å². The SMILES string of the molecule is COc1cccc(CCNC(=O)C2CCCN(c3nc4ccccc4n(Cc4ccccc4)c3=O)C2)c1. The van der Waals surface area contributed by atoms with Gasteiger partial charge in [0.1, 0.15) is 5.75 Å². The van der Waals surface area contributed by atoms with Gasteiger partial charge in [0.15, 0.2) is 5.82 Å². The number of anilines is 1. The number of hydrogen-bond donors (Lipinski definition) is 1. The van der Waals surface area contributed by atoms with E-state index in [-0.39, 0.29) is 17.4 Å². The molecule has 1 N–H and O–H groups in total. The zero-order chi connectivity index (χ0) is 25.6. The van der Waals surface area contributed by atoms with Crippen molar-refractivity contribution in [2.75, 3.05) is 31.6 Å². The number of nitrogens with zero attached hydrogens (tertiary/aromatic N) is 3. The van der Waals surface area contributed by atoms with Crippen LogP contribution in [0.15, 0.2) is 83.7 Å². The molecule has 37 heavy (non-hydrogen) atoms. The summed E-state index contributed by atoms with van der Waals surface area (Å²) in [7, 11) is 1.65. The molecule has 1 fully saturated rings. The lowest BCUT2D eigenvalue weighted by Gasteiger charge is -2.32. The standard InChI is InChI=1S/C30H32N4O3/c1-37-25-13-7-11-22(19-25)16-17-31-29(35)24-12-8-18-33(21-24)28-30(36)34(20-23-9-3-2-4-10-23)27-15-6-5-14-26(27)32-28/h2-7,9-11,13-15,19,24H,8,12,16-18,20-21H2,1H3,(H,31,35). The van der Waals surface area contributed by atoms with Gasteiger partial charge in [-0.05, 0) is 54.7 Å². The maximum Gasteiger partial charge on any atom is 0.294 e. The number of benzene rings is 3. The number of nitrogens with one attached hydrogen (secondary N) is 1. The summed E-state index contributed by atoms with van der Waals surface area (Å²) >= 11 is 0. The first kappa shape index (κ1) is 24.6. The van der Waals surface area contributed by atoms with E-state index in [4.69, 9.17) is 9.72 Å². The quantitative estimate of drug-likeness (QED) is 0.399. The van der Waals surface area contributed by atoms with E-state index in [0.29, 0.717) is 32.0 Å². The molecule has 1 aromatic heterocycles. The highest BCUT2D eigenvalue weighted by Crippen LogP contribution is 2.22. The van der Waals surface area contributed by atoms with Crippen LogP contribution < -0.4 is 20.5 Å². The van der Waals surface area contributed by atoms with Crippen LogP contribution >= 0.6 is 0 Å². The third kappa shape index (κ3) is 5.66. The van der Waals surface area contributed by atoms with Gasteiger partial charge in [-0.1, -0.05) is 54.6 Å². The van der Waals surface area contributed by atoms with Crippen molar-refractivity contribution in [1.82, 2.24) is 14.9 Å². The van der Waals surface area contributed by atoms with Gasteiger partial charge in [-0.3, -0.25) is 14.2 Å². The zero-order valence-electron chi connectivity index (χ0n) is 21.1. The molecule has 0 radical (unpaired) electrons. The molecule has 0 bridgehead atoms. The second-order valence-corrected chi connectivity index (χ2v) is 9.48. The predicted molar refractivity (Wildman–Crippen MR) is 146 cm³/mol. The van der Waals surface area contributed by atoms with Gasteiger partial charge in [-0.2, -0.15) is 0 Å². The van der Waals surface area contributed by atoms with Crippen molar-refractivity contribution in [2.45, 2.75) is 25.8 Å². The molecule has 7 nitrogen and oxygen atoms in total. The van der Waals surface area contributed by atoms with Gasteiger partial charge in [0.2, 0.25) is 5.91 Å². The van der Waals surface area contributed by atoms with E-state index < -0.39 is 0 Å². The molecule has 0 aliphatic carbocycles. The monoisotopic (exact) mass is 496 g/mol. The lowest BCUT2D eigenvalue weighted by Crippen LogP contribution is -2.46. The number of carbonyl (C=O) groups is 1. The average Bonchev–Trinajstić information content (AvgIpc) is 2.95. The van der Waals surface area contributed by atoms with Crippen molar-refractivity contribution in [3.63, 3.8) is 0 Å². The van der Waals surface area contributed by atoms with Crippen LogP contribution in [0.3, 0.4) is 0 Å². The highest BCUT2D eigenvalue weighted by atomic mass is 16.5. The number of fused-ring (bicyclic) bond motifs is 1. The van der Waals surface area contributed by atoms with Crippen molar-refractivity contribution in [3.05, 3.63) is 100 Å². The van der Waals surface area contributed by atoms with Crippen LogP contribution in [0.5, 0.6) is 5.75 Å². The molecular weight excluding hydrogens is 464 g/mol. The molecule has 1 aliphatic heterocycles. The normalized spacial score (nSPS) is 15.5. The second kappa shape index (κ2) is 11.3. The Kier molecular flexibility index (Phi) is 7.49. The summed E-state index contributed by atoms with van der Waals surface area (Å²) in [5.74, 6) is 1.07. The largest absolute Gasteiger partial charge is 0.497 e. The summed E-state index contributed by atoms with van der Waals surface area (Å²) in [5, 5.41) is 3.09. The van der Waals surface area contributed by atoms with Crippen LogP contribution in [-0.2, 0) is 17.8 Å². The van der Waals surface area contributed by atoms with Gasteiger partial charge < -0.3 is 15.0 Å². The molecule has 3 aromatic carbocycles. The van der Waals surface area contributed by atoms with Gasteiger partial charge in [0, 0.05) is 19.6 Å². The molecular formula is C30H32N4O3. The molecule has 1 saturated heterocycles. The van der Waals surface area contributed by atoms with Crippen LogP contribution in [0, 0.1) is 5.92 Å². The molecule has 1 unspecified atom stereocenters. The number of piperidine rings is 1. The topological polar surface area (TPSA) is 76.5 Å². The maximum absolute atomic E-state index is 13.7. The van der Waals surface area contributed by atoms with Gasteiger partial charge in [-0.25, -0.2) is 4.98 Å². The van der Waals surface area contributed by atoms with E-state index >= 15 is 0 Å². The number of carbonyl (C=O) groups excluding carboxylic acids is 1. The predicted octanol–water partition coefficient (Wildman–Crippen LogP) is 4.03. The molecule has 0 saturated carbocycles. The molecule has 2 heterocycles. The number of methoxy groups -OCH3 is 1. The van der Waals surface area contributed by atoms with Crippen LogP contribution in [0.1, 0.15) is 24.0 Å². The Bertz CT molecular complexity index is 1430. The zero-order valence-corrected chi connectivity index (χ0v) is 21.1. The Morgan fingerprint density at radius 1 is 1.03 bits per heavy atom. The summed E-state index contributed by atoms with van der Waals surface area (Å²) in [5.41, 5.74) is 3.63. The molecule has 5 rings (SSSR count). The summed E-state index contributed by atoms with van der Waals surface area (Å²) in [6, 6.07) is 25.6. The van der Waals surface area contributed by atoms with Crippen molar-refractivity contribution in [3.8, 4) is 5.75 Å². The Labute approximate surface area is 216 Å². The molecule has 190 valence electrons. The van der Waals surface area contributed by atoms with Crippen molar-refractivity contribution < 1.29 is 9.53 Å². The number of amides is 1. The second-order valence-electron chi connectivity index (χ2n) is 9.48. The van der Waals surface area contributed by atoms with E-state index in [2.05, 4.69) is 5.32 Å². The average molecular weight is 497 g/mol. The smallest absolute Gasteiger partial charge is 0.294 e. The van der Waals surface area contributed by atoms with Crippen LogP contribution in [0.2, 0.25) is 0 Å². The lowest BCUT2D eigenvalue weighted by molar-refractivity contribution is -0.125.